The summed E-state index contributed by atoms with van der Waals surface area (Å²) in [4.78, 5) is 2.51. The molecule has 0 radical (unpaired) electrons. The van der Waals surface area contributed by atoms with Gasteiger partial charge in [0, 0.05) is 38.9 Å². The lowest BCUT2D eigenvalue weighted by Crippen LogP contribution is -2.59. The zero-order valence-electron chi connectivity index (χ0n) is 28.3. The molecule has 11 rings (SSSR count). The quantitative estimate of drug-likeness (QED) is 0.175. The Kier molecular flexibility index (Phi) is 6.35. The first-order valence-electron chi connectivity index (χ1n) is 17.9. The van der Waals surface area contributed by atoms with Crippen molar-refractivity contribution in [3.63, 3.8) is 0 Å². The Labute approximate surface area is 302 Å². The van der Waals surface area contributed by atoms with Gasteiger partial charge in [0.05, 0.1) is 11.0 Å². The van der Waals surface area contributed by atoms with E-state index in [9.17, 15) is 0 Å². The number of hydrogen-bond acceptors (Lipinski definition) is 2. The van der Waals surface area contributed by atoms with E-state index in [0.29, 0.717) is 0 Å². The minimum absolute atomic E-state index is 0.108. The minimum Gasteiger partial charge on any atom is -0.458 e. The van der Waals surface area contributed by atoms with Crippen LogP contribution in [0.1, 0.15) is 0 Å². The Morgan fingerprint density at radius 1 is 0.404 bits per heavy atom. The number of nitrogens with zero attached hydrogens (tertiary/aromatic N) is 2. The van der Waals surface area contributed by atoms with Crippen LogP contribution in [0.2, 0.25) is 0 Å². The van der Waals surface area contributed by atoms with E-state index in [0.717, 1.165) is 39.5 Å². The van der Waals surface area contributed by atoms with Gasteiger partial charge < -0.3 is 14.1 Å². The van der Waals surface area contributed by atoms with Crippen LogP contribution in [0.25, 0.3) is 60.9 Å². The number of fused-ring (bicyclic) bond motifs is 7. The third kappa shape index (κ3) is 4.34. The summed E-state index contributed by atoms with van der Waals surface area (Å²) in [5, 5.41) is 2.50. The zero-order chi connectivity index (χ0) is 34.2. The SMILES string of the molecule is c1ccc(-c2cccc(-c3cc4c5c(c3)-c3ccccc3N(c3ccccc3)B5c3cc(-n5c6ccccc6c6ccccc65)ccc3O4)c2)cc1. The van der Waals surface area contributed by atoms with E-state index < -0.39 is 0 Å². The average molecular weight is 663 g/mol. The molecule has 1 aromatic heterocycles. The van der Waals surface area contributed by atoms with E-state index >= 15 is 0 Å². The van der Waals surface area contributed by atoms with Gasteiger partial charge in [-0.15, -0.1) is 0 Å². The Morgan fingerprint density at radius 3 is 1.81 bits per heavy atom. The molecular formula is C48H31BN2O. The lowest BCUT2D eigenvalue weighted by Gasteiger charge is -2.42. The molecular weight excluding hydrogens is 631 g/mol. The van der Waals surface area contributed by atoms with Gasteiger partial charge in [-0.05, 0) is 100 Å². The summed E-state index contributed by atoms with van der Waals surface area (Å²) < 4.78 is 9.41. The van der Waals surface area contributed by atoms with Crippen LogP contribution < -0.4 is 20.5 Å². The van der Waals surface area contributed by atoms with E-state index in [1.165, 1.54) is 55.2 Å². The molecule has 52 heavy (non-hydrogen) atoms. The lowest BCUT2D eigenvalue weighted by molar-refractivity contribution is 0.487. The van der Waals surface area contributed by atoms with Crippen LogP contribution in [0.5, 0.6) is 11.5 Å². The molecule has 0 bridgehead atoms. The van der Waals surface area contributed by atoms with E-state index in [4.69, 9.17) is 4.74 Å². The summed E-state index contributed by atoms with van der Waals surface area (Å²) >= 11 is 0. The molecule has 8 aromatic carbocycles. The molecule has 0 saturated heterocycles. The first kappa shape index (κ1) is 29.0. The van der Waals surface area contributed by atoms with Gasteiger partial charge in [0.25, 0.3) is 0 Å². The van der Waals surface area contributed by atoms with Crippen molar-refractivity contribution in [2.75, 3.05) is 4.81 Å². The van der Waals surface area contributed by atoms with E-state index in [-0.39, 0.29) is 6.85 Å². The van der Waals surface area contributed by atoms with Crippen LogP contribution in [-0.2, 0) is 0 Å². The Hall–Kier alpha value is -6.78. The molecule has 3 nitrogen and oxygen atoms in total. The minimum atomic E-state index is -0.108. The molecule has 0 unspecified atom stereocenters. The molecule has 242 valence electrons. The normalized spacial score (nSPS) is 12.7. The number of aromatic nitrogens is 1. The molecule has 2 aliphatic rings. The predicted molar refractivity (Wildman–Crippen MR) is 217 cm³/mol. The van der Waals surface area contributed by atoms with Crippen LogP contribution in [-0.4, -0.2) is 11.4 Å². The number of para-hydroxylation sites is 4. The summed E-state index contributed by atoms with van der Waals surface area (Å²) in [6, 6.07) is 67.8. The second-order valence-corrected chi connectivity index (χ2v) is 13.7. The van der Waals surface area contributed by atoms with Gasteiger partial charge in [-0.25, -0.2) is 0 Å². The summed E-state index contributed by atoms with van der Waals surface area (Å²) in [5.41, 5.74) is 15.3. The van der Waals surface area contributed by atoms with E-state index in [1.807, 2.05) is 0 Å². The van der Waals surface area contributed by atoms with Crippen molar-refractivity contribution in [2.24, 2.45) is 0 Å². The maximum Gasteiger partial charge on any atom is 0.336 e. The Morgan fingerprint density at radius 2 is 1.04 bits per heavy atom. The van der Waals surface area contributed by atoms with E-state index in [2.05, 4.69) is 197 Å². The highest BCUT2D eigenvalue weighted by molar-refractivity contribution is 6.92. The fourth-order valence-corrected chi connectivity index (χ4v) is 8.54. The predicted octanol–water partition coefficient (Wildman–Crippen LogP) is 11.1. The highest BCUT2D eigenvalue weighted by Crippen LogP contribution is 2.46. The van der Waals surface area contributed by atoms with Crippen LogP contribution in [0.4, 0.5) is 11.4 Å². The van der Waals surface area contributed by atoms with Gasteiger partial charge in [0.2, 0.25) is 0 Å². The monoisotopic (exact) mass is 662 g/mol. The molecule has 0 saturated carbocycles. The lowest BCUT2D eigenvalue weighted by atomic mass is 9.44. The number of ether oxygens (including phenoxy) is 1. The van der Waals surface area contributed by atoms with Crippen molar-refractivity contribution in [3.8, 4) is 50.6 Å². The fraction of sp³-hybridized carbons (Fsp3) is 0. The van der Waals surface area contributed by atoms with Crippen molar-refractivity contribution in [3.05, 3.63) is 188 Å². The van der Waals surface area contributed by atoms with Gasteiger partial charge in [-0.3, -0.25) is 0 Å². The van der Waals surface area contributed by atoms with Crippen molar-refractivity contribution in [2.45, 2.75) is 0 Å². The first-order valence-corrected chi connectivity index (χ1v) is 17.9. The van der Waals surface area contributed by atoms with Gasteiger partial charge in [-0.2, -0.15) is 0 Å². The maximum atomic E-state index is 7.01. The summed E-state index contributed by atoms with van der Waals surface area (Å²) in [6.07, 6.45) is 0. The van der Waals surface area contributed by atoms with Crippen molar-refractivity contribution >= 4 is 51.0 Å². The molecule has 0 spiro atoms. The number of anilines is 2. The average Bonchev–Trinajstić information content (AvgIpc) is 3.56. The van der Waals surface area contributed by atoms with Crippen LogP contribution in [0.15, 0.2) is 188 Å². The van der Waals surface area contributed by atoms with Crippen LogP contribution in [0.3, 0.4) is 0 Å². The highest BCUT2D eigenvalue weighted by atomic mass is 16.5. The standard InChI is InChI=1S/C48H31BN2O/c1-3-14-32(15-4-1)33-16-13-17-34(28-33)35-29-41-40-22-9-12-25-45(40)51(36-18-5-2-6-19-36)49-42-31-37(26-27-46(42)52-47(30-35)48(41)49)50-43-23-10-7-20-38(43)39-21-8-11-24-44(39)50/h1-31H. The first-order chi connectivity index (χ1) is 25.8. The molecule has 0 aliphatic carbocycles. The number of hydrogen-bond donors (Lipinski definition) is 0. The molecule has 4 heteroatoms. The third-order valence-electron chi connectivity index (χ3n) is 10.8. The van der Waals surface area contributed by atoms with Gasteiger partial charge in [-0.1, -0.05) is 121 Å². The van der Waals surface area contributed by atoms with Crippen molar-refractivity contribution in [1.82, 2.24) is 4.57 Å². The van der Waals surface area contributed by atoms with Crippen molar-refractivity contribution < 1.29 is 4.74 Å². The molecule has 2 aliphatic heterocycles. The Bertz CT molecular complexity index is 2790. The molecule has 3 heterocycles. The maximum absolute atomic E-state index is 7.01. The van der Waals surface area contributed by atoms with Crippen LogP contribution >= 0.6 is 0 Å². The highest BCUT2D eigenvalue weighted by Gasteiger charge is 2.44. The van der Waals surface area contributed by atoms with E-state index in [1.54, 1.807) is 0 Å². The number of rotatable bonds is 4. The third-order valence-corrected chi connectivity index (χ3v) is 10.8. The second kappa shape index (κ2) is 11.4. The second-order valence-electron chi connectivity index (χ2n) is 13.7. The van der Waals surface area contributed by atoms with Crippen LogP contribution in [0, 0.1) is 0 Å². The van der Waals surface area contributed by atoms with Gasteiger partial charge in [0.15, 0.2) is 0 Å². The molecule has 0 amide bonds. The summed E-state index contributed by atoms with van der Waals surface area (Å²) in [7, 11) is 0. The summed E-state index contributed by atoms with van der Waals surface area (Å²) in [5.74, 6) is 1.78. The largest absolute Gasteiger partial charge is 0.458 e. The molecule has 0 fully saturated rings. The molecule has 9 aromatic rings. The topological polar surface area (TPSA) is 17.4 Å². The molecule has 0 N–H and O–H groups in total. The zero-order valence-corrected chi connectivity index (χ0v) is 28.3. The summed E-state index contributed by atoms with van der Waals surface area (Å²) in [6.45, 7) is -0.108. The van der Waals surface area contributed by atoms with Crippen molar-refractivity contribution in [1.29, 1.82) is 0 Å². The Balaban J connectivity index is 1.16. The number of benzene rings is 8. The van der Waals surface area contributed by atoms with Gasteiger partial charge >= 0.3 is 6.85 Å². The fourth-order valence-electron chi connectivity index (χ4n) is 8.54. The smallest absolute Gasteiger partial charge is 0.336 e. The van der Waals surface area contributed by atoms with Gasteiger partial charge in [0.1, 0.15) is 11.5 Å². The molecule has 0 atom stereocenters.